The Morgan fingerprint density at radius 3 is 2.88 bits per heavy atom. The van der Waals surface area contributed by atoms with Crippen molar-refractivity contribution in [3.05, 3.63) is 29.8 Å². The third-order valence-electron chi connectivity index (χ3n) is 6.38. The Morgan fingerprint density at radius 1 is 1.29 bits per heavy atom. The van der Waals surface area contributed by atoms with Crippen molar-refractivity contribution >= 4 is 5.91 Å². The molecule has 3 fully saturated rings. The number of carbonyl (C=O) groups is 1. The zero-order valence-electron chi connectivity index (χ0n) is 14.4. The second kappa shape index (κ2) is 6.07. The van der Waals surface area contributed by atoms with Gasteiger partial charge in [-0.05, 0) is 62.1 Å². The number of piperidine rings is 1. The third-order valence-corrected chi connectivity index (χ3v) is 6.38. The number of hydrogen-bond acceptors (Lipinski definition) is 3. The summed E-state index contributed by atoms with van der Waals surface area (Å²) in [5, 5.41) is 10.4. The Kier molecular flexibility index (Phi) is 4.03. The van der Waals surface area contributed by atoms with E-state index in [-0.39, 0.29) is 11.5 Å². The standard InChI is InChI=1S/C20H27NO3/c1-24-18-4-2-3-15(11-18)20-9-10-21(19(23)14-5-6-14)13-16(20)7-8-17(22)12-20/h2-4,11,14,16-17,22H,5-10,12-13H2,1H3/t16-,17?,20?/m0/s1. The predicted molar refractivity (Wildman–Crippen MR) is 91.9 cm³/mol. The second-order valence-electron chi connectivity index (χ2n) is 7.83. The summed E-state index contributed by atoms with van der Waals surface area (Å²) >= 11 is 0. The van der Waals surface area contributed by atoms with Gasteiger partial charge in [0, 0.05) is 24.4 Å². The van der Waals surface area contributed by atoms with Gasteiger partial charge in [-0.3, -0.25) is 4.79 Å². The van der Waals surface area contributed by atoms with E-state index in [2.05, 4.69) is 17.0 Å². The van der Waals surface area contributed by atoms with Crippen LogP contribution in [0.2, 0.25) is 0 Å². The zero-order chi connectivity index (χ0) is 16.7. The lowest BCUT2D eigenvalue weighted by Crippen LogP contribution is -2.55. The molecule has 4 heteroatoms. The average Bonchev–Trinajstić information content (AvgIpc) is 3.45. The minimum Gasteiger partial charge on any atom is -0.497 e. The molecule has 2 unspecified atom stereocenters. The Labute approximate surface area is 143 Å². The smallest absolute Gasteiger partial charge is 0.225 e. The maximum absolute atomic E-state index is 12.5. The number of likely N-dealkylation sites (tertiary alicyclic amines) is 1. The highest BCUT2D eigenvalue weighted by Crippen LogP contribution is 2.50. The van der Waals surface area contributed by atoms with Gasteiger partial charge in [-0.1, -0.05) is 12.1 Å². The summed E-state index contributed by atoms with van der Waals surface area (Å²) in [6.07, 6.45) is 5.49. The fraction of sp³-hybridized carbons (Fsp3) is 0.650. The van der Waals surface area contributed by atoms with Crippen LogP contribution in [-0.4, -0.2) is 42.2 Å². The van der Waals surface area contributed by atoms with Gasteiger partial charge in [0.25, 0.3) is 0 Å². The first-order valence-corrected chi connectivity index (χ1v) is 9.24. The largest absolute Gasteiger partial charge is 0.497 e. The topological polar surface area (TPSA) is 49.8 Å². The number of rotatable bonds is 3. The molecule has 1 aromatic carbocycles. The van der Waals surface area contributed by atoms with Crippen molar-refractivity contribution in [2.24, 2.45) is 11.8 Å². The van der Waals surface area contributed by atoms with Crippen LogP contribution < -0.4 is 4.74 Å². The SMILES string of the molecule is COc1cccc(C23CCN(C(=O)C4CC4)C[C@@H]2CCC(O)C3)c1. The first kappa shape index (κ1) is 15.9. The van der Waals surface area contributed by atoms with E-state index in [4.69, 9.17) is 4.74 Å². The molecule has 4 nitrogen and oxygen atoms in total. The lowest BCUT2D eigenvalue weighted by Gasteiger charge is -2.52. The van der Waals surface area contributed by atoms with Crippen molar-refractivity contribution in [1.29, 1.82) is 0 Å². The molecule has 0 spiro atoms. The summed E-state index contributed by atoms with van der Waals surface area (Å²) in [6.45, 7) is 1.66. The minimum absolute atomic E-state index is 0.0213. The van der Waals surface area contributed by atoms with Gasteiger partial charge in [0.15, 0.2) is 0 Å². The lowest BCUT2D eigenvalue weighted by atomic mass is 9.58. The molecule has 1 aromatic rings. The summed E-state index contributed by atoms with van der Waals surface area (Å²) in [7, 11) is 1.70. The summed E-state index contributed by atoms with van der Waals surface area (Å²) in [6, 6.07) is 8.32. The number of benzene rings is 1. The number of carbonyl (C=O) groups excluding carboxylic acids is 1. The molecule has 1 N–H and O–H groups in total. The second-order valence-corrected chi connectivity index (χ2v) is 7.83. The molecule has 0 aromatic heterocycles. The molecule has 1 saturated heterocycles. The van der Waals surface area contributed by atoms with E-state index in [9.17, 15) is 9.90 Å². The number of methoxy groups -OCH3 is 1. The van der Waals surface area contributed by atoms with E-state index in [1.165, 1.54) is 5.56 Å². The number of aliphatic hydroxyl groups excluding tert-OH is 1. The first-order chi connectivity index (χ1) is 11.6. The number of hydrogen-bond donors (Lipinski definition) is 1. The van der Waals surface area contributed by atoms with Gasteiger partial charge in [0.1, 0.15) is 5.75 Å². The van der Waals surface area contributed by atoms with Crippen molar-refractivity contribution in [3.8, 4) is 5.75 Å². The van der Waals surface area contributed by atoms with Crippen LogP contribution in [0, 0.1) is 11.8 Å². The number of aliphatic hydroxyl groups is 1. The van der Waals surface area contributed by atoms with Gasteiger partial charge in [0.05, 0.1) is 13.2 Å². The Hall–Kier alpha value is -1.55. The van der Waals surface area contributed by atoms with Crippen LogP contribution in [0.3, 0.4) is 0 Å². The van der Waals surface area contributed by atoms with Crippen molar-refractivity contribution in [2.45, 2.75) is 50.0 Å². The Morgan fingerprint density at radius 2 is 2.12 bits per heavy atom. The quantitative estimate of drug-likeness (QED) is 0.928. The number of amides is 1. The van der Waals surface area contributed by atoms with Crippen LogP contribution in [0.25, 0.3) is 0 Å². The normalized spacial score (nSPS) is 33.0. The van der Waals surface area contributed by atoms with Crippen LogP contribution in [0.5, 0.6) is 5.75 Å². The molecule has 24 heavy (non-hydrogen) atoms. The molecule has 0 radical (unpaired) electrons. The maximum atomic E-state index is 12.5. The molecule has 2 saturated carbocycles. The summed E-state index contributed by atoms with van der Waals surface area (Å²) in [5.41, 5.74) is 1.25. The van der Waals surface area contributed by atoms with Crippen LogP contribution in [0.4, 0.5) is 0 Å². The highest BCUT2D eigenvalue weighted by molar-refractivity contribution is 5.81. The van der Waals surface area contributed by atoms with E-state index in [0.717, 1.165) is 57.4 Å². The molecule has 130 valence electrons. The highest BCUT2D eigenvalue weighted by Gasteiger charge is 2.49. The van der Waals surface area contributed by atoms with Crippen molar-refractivity contribution in [3.63, 3.8) is 0 Å². The molecular weight excluding hydrogens is 302 g/mol. The molecule has 1 aliphatic heterocycles. The van der Waals surface area contributed by atoms with Gasteiger partial charge in [-0.25, -0.2) is 0 Å². The maximum Gasteiger partial charge on any atom is 0.225 e. The molecule has 1 heterocycles. The zero-order valence-corrected chi connectivity index (χ0v) is 14.4. The first-order valence-electron chi connectivity index (χ1n) is 9.24. The summed E-state index contributed by atoms with van der Waals surface area (Å²) < 4.78 is 5.42. The van der Waals surface area contributed by atoms with E-state index < -0.39 is 0 Å². The van der Waals surface area contributed by atoms with Crippen LogP contribution >= 0.6 is 0 Å². The van der Waals surface area contributed by atoms with E-state index in [1.807, 2.05) is 12.1 Å². The van der Waals surface area contributed by atoms with Crippen molar-refractivity contribution < 1.29 is 14.6 Å². The lowest BCUT2D eigenvalue weighted by molar-refractivity contribution is -0.137. The molecule has 4 rings (SSSR count). The third kappa shape index (κ3) is 2.71. The molecule has 3 atom stereocenters. The number of fused-ring (bicyclic) bond motifs is 1. The van der Waals surface area contributed by atoms with Crippen LogP contribution in [0.15, 0.2) is 24.3 Å². The minimum atomic E-state index is -0.238. The number of nitrogens with zero attached hydrogens (tertiary/aromatic N) is 1. The molecule has 2 aliphatic carbocycles. The molecule has 3 aliphatic rings. The Balaban J connectivity index is 1.63. The molecule has 0 bridgehead atoms. The van der Waals surface area contributed by atoms with E-state index in [1.54, 1.807) is 7.11 Å². The summed E-state index contributed by atoms with van der Waals surface area (Å²) in [4.78, 5) is 14.6. The van der Waals surface area contributed by atoms with E-state index >= 15 is 0 Å². The fourth-order valence-corrected chi connectivity index (χ4v) is 4.84. The number of ether oxygens (including phenoxy) is 1. The van der Waals surface area contributed by atoms with Gasteiger partial charge in [-0.2, -0.15) is 0 Å². The van der Waals surface area contributed by atoms with Crippen molar-refractivity contribution in [1.82, 2.24) is 4.90 Å². The predicted octanol–water partition coefficient (Wildman–Crippen LogP) is 2.74. The fourth-order valence-electron chi connectivity index (χ4n) is 4.84. The molecular formula is C20H27NO3. The van der Waals surface area contributed by atoms with E-state index in [0.29, 0.717) is 17.7 Å². The Bertz CT molecular complexity index is 627. The van der Waals surface area contributed by atoms with Crippen LogP contribution in [0.1, 0.15) is 44.1 Å². The average molecular weight is 329 g/mol. The summed E-state index contributed by atoms with van der Waals surface area (Å²) in [5.74, 6) is 1.96. The van der Waals surface area contributed by atoms with Crippen LogP contribution in [-0.2, 0) is 10.2 Å². The van der Waals surface area contributed by atoms with Gasteiger partial charge < -0.3 is 14.7 Å². The van der Waals surface area contributed by atoms with Gasteiger partial charge in [0.2, 0.25) is 5.91 Å². The van der Waals surface area contributed by atoms with Crippen molar-refractivity contribution in [2.75, 3.05) is 20.2 Å². The highest BCUT2D eigenvalue weighted by atomic mass is 16.5. The monoisotopic (exact) mass is 329 g/mol. The molecule has 1 amide bonds. The van der Waals surface area contributed by atoms with Gasteiger partial charge >= 0.3 is 0 Å². The van der Waals surface area contributed by atoms with Gasteiger partial charge in [-0.15, -0.1) is 0 Å².